The third-order valence-electron chi connectivity index (χ3n) is 6.37. The van der Waals surface area contributed by atoms with E-state index >= 15 is 0 Å². The Kier molecular flexibility index (Phi) is 6.11. The lowest BCUT2D eigenvalue weighted by molar-refractivity contribution is 0.145. The molecular formula is C20H28N6O4S. The van der Waals surface area contributed by atoms with Gasteiger partial charge in [0.1, 0.15) is 11.0 Å². The maximum absolute atomic E-state index is 11.2. The second kappa shape index (κ2) is 8.65. The van der Waals surface area contributed by atoms with Gasteiger partial charge < -0.3 is 21.3 Å². The number of carbonyl (C=O) groups is 1. The molecule has 1 unspecified atom stereocenters. The molecule has 2 amide bonds. The number of urea groups is 1. The van der Waals surface area contributed by atoms with Gasteiger partial charge in [0.25, 0.3) is 0 Å². The molecule has 0 aliphatic heterocycles. The number of hydrogen-bond donors (Lipinski definition) is 5. The van der Waals surface area contributed by atoms with E-state index in [2.05, 4.69) is 10.4 Å². The number of nitrogens with zero attached hydrogens (tertiary/aromatic N) is 3. The van der Waals surface area contributed by atoms with E-state index in [-0.39, 0.29) is 18.2 Å². The average molecular weight is 449 g/mol. The van der Waals surface area contributed by atoms with Gasteiger partial charge in [-0.25, -0.2) is 14.1 Å². The van der Waals surface area contributed by atoms with E-state index in [1.165, 1.54) is 58.7 Å². The zero-order valence-corrected chi connectivity index (χ0v) is 18.0. The zero-order valence-electron chi connectivity index (χ0n) is 17.2. The van der Waals surface area contributed by atoms with Crippen LogP contribution in [-0.2, 0) is 35.7 Å². The number of aromatic nitrogens is 3. The van der Waals surface area contributed by atoms with E-state index in [9.17, 15) is 9.00 Å². The van der Waals surface area contributed by atoms with E-state index in [0.717, 1.165) is 31.4 Å². The third-order valence-corrected chi connectivity index (χ3v) is 7.00. The Morgan fingerprint density at radius 1 is 1.23 bits per heavy atom. The Bertz CT molecular complexity index is 1020. The van der Waals surface area contributed by atoms with Crippen molar-refractivity contribution in [2.24, 2.45) is 10.9 Å². The van der Waals surface area contributed by atoms with Crippen LogP contribution < -0.4 is 16.2 Å². The number of carbonyl (C=O) groups excluding carboxylic acids is 1. The number of hydrogen-bond acceptors (Lipinski definition) is 6. The van der Waals surface area contributed by atoms with Gasteiger partial charge in [-0.1, -0.05) is 0 Å². The van der Waals surface area contributed by atoms with Crippen LogP contribution in [0.25, 0.3) is 0 Å². The highest BCUT2D eigenvalue weighted by Gasteiger charge is 2.51. The monoisotopic (exact) mass is 448 g/mol. The standard InChI is InChI=1S/C14H17N3O.C6H11N3O3S/c15-13(18)17-11-8-2-1-3-10(8)16-12-9(11)4-5-14(12)6-7-14;7-13(12)6-1-2-9(8-6)5(3-10)4-11/h1-7H2,(H3,15,16,17,18);1-2,5,10-11H,3-4,7H2. The molecule has 2 aromatic heterocycles. The molecule has 3 aliphatic carbocycles. The highest BCUT2D eigenvalue weighted by atomic mass is 32.2. The number of pyridine rings is 1. The lowest BCUT2D eigenvalue weighted by atomic mass is 10.0. The highest BCUT2D eigenvalue weighted by Crippen LogP contribution is 2.58. The molecule has 10 nitrogen and oxygen atoms in total. The predicted molar refractivity (Wildman–Crippen MR) is 115 cm³/mol. The second-order valence-electron chi connectivity index (χ2n) is 8.31. The molecular weight excluding hydrogens is 420 g/mol. The predicted octanol–water partition coefficient (Wildman–Crippen LogP) is 0.429. The average Bonchev–Trinajstić information content (AvgIpc) is 3.10. The number of aliphatic hydroxyl groups is 2. The van der Waals surface area contributed by atoms with Gasteiger partial charge in [0.2, 0.25) is 0 Å². The molecule has 7 N–H and O–H groups in total. The molecule has 0 bridgehead atoms. The minimum absolute atomic E-state index is 0.227. The van der Waals surface area contributed by atoms with Crippen LogP contribution in [0.2, 0.25) is 0 Å². The van der Waals surface area contributed by atoms with Gasteiger partial charge >= 0.3 is 6.03 Å². The minimum atomic E-state index is -1.62. The third kappa shape index (κ3) is 4.22. The Balaban J connectivity index is 0.000000159. The summed E-state index contributed by atoms with van der Waals surface area (Å²) < 4.78 is 12.1. The maximum atomic E-state index is 11.2. The Hall–Kier alpha value is -2.34. The van der Waals surface area contributed by atoms with Gasteiger partial charge in [0.05, 0.1) is 30.6 Å². The van der Waals surface area contributed by atoms with Crippen LogP contribution in [0.1, 0.15) is 54.2 Å². The number of fused-ring (bicyclic) bond motifs is 3. The van der Waals surface area contributed by atoms with E-state index < -0.39 is 23.1 Å². The molecule has 1 fully saturated rings. The fourth-order valence-corrected chi connectivity index (χ4v) is 4.93. The number of amides is 2. The van der Waals surface area contributed by atoms with E-state index in [4.69, 9.17) is 26.1 Å². The molecule has 2 heterocycles. The van der Waals surface area contributed by atoms with Crippen molar-refractivity contribution in [2.45, 2.75) is 61.4 Å². The number of nitrogens with one attached hydrogen (secondary N) is 1. The molecule has 0 aromatic carbocycles. The van der Waals surface area contributed by atoms with Crippen molar-refractivity contribution in [1.29, 1.82) is 0 Å². The van der Waals surface area contributed by atoms with Crippen molar-refractivity contribution in [2.75, 3.05) is 18.5 Å². The molecule has 11 heteroatoms. The van der Waals surface area contributed by atoms with E-state index in [0.29, 0.717) is 5.41 Å². The fourth-order valence-electron chi connectivity index (χ4n) is 4.56. The van der Waals surface area contributed by atoms with Crippen molar-refractivity contribution >= 4 is 22.7 Å². The molecule has 2 aromatic rings. The topological polar surface area (TPSA) is 169 Å². The van der Waals surface area contributed by atoms with Crippen molar-refractivity contribution in [3.63, 3.8) is 0 Å². The van der Waals surface area contributed by atoms with Crippen LogP contribution in [-0.4, -0.2) is 48.4 Å². The van der Waals surface area contributed by atoms with Crippen LogP contribution >= 0.6 is 0 Å². The maximum Gasteiger partial charge on any atom is 0.316 e. The largest absolute Gasteiger partial charge is 0.394 e. The number of rotatable bonds is 5. The highest BCUT2D eigenvalue weighted by molar-refractivity contribution is 7.82. The smallest absolute Gasteiger partial charge is 0.316 e. The molecule has 168 valence electrons. The molecule has 1 atom stereocenters. The van der Waals surface area contributed by atoms with E-state index in [1.54, 1.807) is 0 Å². The lowest BCUT2D eigenvalue weighted by Gasteiger charge is -2.15. The van der Waals surface area contributed by atoms with Crippen LogP contribution in [0.3, 0.4) is 0 Å². The summed E-state index contributed by atoms with van der Waals surface area (Å²) in [6, 6.07) is 0.528. The van der Waals surface area contributed by atoms with Gasteiger partial charge in [-0.05, 0) is 62.1 Å². The van der Waals surface area contributed by atoms with Gasteiger partial charge in [0, 0.05) is 17.3 Å². The van der Waals surface area contributed by atoms with Crippen LogP contribution in [0, 0.1) is 0 Å². The molecule has 31 heavy (non-hydrogen) atoms. The summed E-state index contributed by atoms with van der Waals surface area (Å²) in [5.41, 5.74) is 11.7. The first-order chi connectivity index (χ1) is 14.9. The van der Waals surface area contributed by atoms with Crippen LogP contribution in [0.5, 0.6) is 0 Å². The fraction of sp³-hybridized carbons (Fsp3) is 0.550. The van der Waals surface area contributed by atoms with Crippen LogP contribution in [0.4, 0.5) is 10.5 Å². The molecule has 1 saturated carbocycles. The van der Waals surface area contributed by atoms with Gasteiger partial charge in [-0.15, -0.1) is 0 Å². The zero-order chi connectivity index (χ0) is 22.2. The minimum Gasteiger partial charge on any atom is -0.394 e. The Morgan fingerprint density at radius 2 is 1.97 bits per heavy atom. The van der Waals surface area contributed by atoms with Crippen molar-refractivity contribution < 1.29 is 19.2 Å². The van der Waals surface area contributed by atoms with Crippen LogP contribution in [0.15, 0.2) is 17.3 Å². The van der Waals surface area contributed by atoms with Gasteiger partial charge in [0.15, 0.2) is 5.03 Å². The van der Waals surface area contributed by atoms with Gasteiger partial charge in [-0.2, -0.15) is 5.10 Å². The summed E-state index contributed by atoms with van der Waals surface area (Å²) in [6.45, 7) is -0.455. The van der Waals surface area contributed by atoms with Crippen molar-refractivity contribution in [1.82, 2.24) is 14.8 Å². The summed E-state index contributed by atoms with van der Waals surface area (Å²) in [4.78, 5) is 16.2. The Morgan fingerprint density at radius 3 is 2.55 bits per heavy atom. The molecule has 5 rings (SSSR count). The van der Waals surface area contributed by atoms with Crippen molar-refractivity contribution in [3.8, 4) is 0 Å². The summed E-state index contributed by atoms with van der Waals surface area (Å²) in [5.74, 6) is 0. The summed E-state index contributed by atoms with van der Waals surface area (Å²) in [7, 11) is -1.62. The normalized spacial score (nSPS) is 18.3. The number of aryl methyl sites for hydroxylation is 1. The second-order valence-corrected chi connectivity index (χ2v) is 9.33. The van der Waals surface area contributed by atoms with Crippen molar-refractivity contribution in [3.05, 3.63) is 34.8 Å². The number of primary amides is 1. The van der Waals surface area contributed by atoms with Gasteiger partial charge in [-0.3, -0.25) is 9.67 Å². The molecule has 3 aliphatic rings. The first-order valence-corrected chi connectivity index (χ1v) is 11.6. The van der Waals surface area contributed by atoms with E-state index in [1.807, 2.05) is 0 Å². The first-order valence-electron chi connectivity index (χ1n) is 10.4. The molecule has 0 radical (unpaired) electrons. The Labute approximate surface area is 182 Å². The SMILES string of the molecule is NC(=O)Nc1c2c(nc3c1CCC31CC1)CCC2.NS(=O)c1ccn(C(CO)CO)n1. The summed E-state index contributed by atoms with van der Waals surface area (Å²) in [6.07, 6.45) is 9.51. The summed E-state index contributed by atoms with van der Waals surface area (Å²) >= 11 is 0. The quantitative estimate of drug-likeness (QED) is 0.444. The number of anilines is 1. The molecule has 1 spiro atoms. The first kappa shape index (κ1) is 21.9. The number of nitrogens with two attached hydrogens (primary N) is 2. The summed E-state index contributed by atoms with van der Waals surface area (Å²) in [5, 5.41) is 29.6. The molecule has 0 saturated heterocycles. The lowest BCUT2D eigenvalue weighted by Crippen LogP contribution is -2.22. The number of aliphatic hydroxyl groups excluding tert-OH is 2.